The smallest absolute Gasteiger partial charge is 0.166 e. The average Bonchev–Trinajstić information content (AvgIpc) is 2.34. The van der Waals surface area contributed by atoms with E-state index in [4.69, 9.17) is 4.74 Å². The van der Waals surface area contributed by atoms with E-state index < -0.39 is 0 Å². The minimum atomic E-state index is 0.138. The van der Waals surface area contributed by atoms with Crippen molar-refractivity contribution < 1.29 is 9.53 Å². The molecule has 0 atom stereocenters. The van der Waals surface area contributed by atoms with Crippen molar-refractivity contribution in [2.75, 3.05) is 18.1 Å². The van der Waals surface area contributed by atoms with Crippen LogP contribution in [0.5, 0.6) is 5.75 Å². The van der Waals surface area contributed by atoms with Gasteiger partial charge in [0.2, 0.25) is 0 Å². The molecular formula is C13H18O2S. The first-order chi connectivity index (χ1) is 7.79. The lowest BCUT2D eigenvalue weighted by molar-refractivity contribution is 0.0984. The Balaban J connectivity index is 2.60. The molecule has 0 aromatic heterocycles. The summed E-state index contributed by atoms with van der Waals surface area (Å²) in [6.45, 7) is 4.65. The van der Waals surface area contributed by atoms with Crippen molar-refractivity contribution in [2.45, 2.75) is 20.3 Å². The van der Waals surface area contributed by atoms with Crippen molar-refractivity contribution in [3.63, 3.8) is 0 Å². The Hall–Kier alpha value is -0.960. The maximum Gasteiger partial charge on any atom is 0.166 e. The van der Waals surface area contributed by atoms with Gasteiger partial charge in [-0.3, -0.25) is 4.79 Å². The highest BCUT2D eigenvalue weighted by atomic mass is 32.2. The molecule has 1 aromatic carbocycles. The quantitative estimate of drug-likeness (QED) is 0.538. The molecule has 88 valence electrons. The zero-order chi connectivity index (χ0) is 11.8. The van der Waals surface area contributed by atoms with E-state index in [0.29, 0.717) is 24.3 Å². The maximum atomic E-state index is 11.6. The predicted octanol–water partition coefficient (Wildman–Crippen LogP) is 3.41. The summed E-state index contributed by atoms with van der Waals surface area (Å²) in [6.07, 6.45) is 0.518. The lowest BCUT2D eigenvalue weighted by atomic mass is 10.1. The maximum absolute atomic E-state index is 11.6. The lowest BCUT2D eigenvalue weighted by Crippen LogP contribution is -2.05. The third kappa shape index (κ3) is 3.89. The van der Waals surface area contributed by atoms with Crippen molar-refractivity contribution >= 4 is 17.5 Å². The molecule has 2 nitrogen and oxygen atoms in total. The number of carbonyl (C=O) groups is 1. The molecule has 0 amide bonds. The minimum Gasteiger partial charge on any atom is -0.492 e. The van der Waals surface area contributed by atoms with E-state index in [0.717, 1.165) is 11.5 Å². The number of hydrogen-bond acceptors (Lipinski definition) is 3. The molecule has 0 aliphatic heterocycles. The van der Waals surface area contributed by atoms with E-state index >= 15 is 0 Å². The van der Waals surface area contributed by atoms with Gasteiger partial charge in [-0.05, 0) is 17.9 Å². The molecule has 0 saturated heterocycles. The van der Waals surface area contributed by atoms with Crippen LogP contribution in [0, 0.1) is 0 Å². The van der Waals surface area contributed by atoms with Crippen LogP contribution in [0.25, 0.3) is 0 Å². The number of rotatable bonds is 7. The molecule has 0 aliphatic rings. The number of ether oxygens (including phenoxy) is 1. The molecule has 0 spiro atoms. The molecule has 16 heavy (non-hydrogen) atoms. The zero-order valence-corrected chi connectivity index (χ0v) is 10.7. The Morgan fingerprint density at radius 1 is 1.31 bits per heavy atom. The lowest BCUT2D eigenvalue weighted by Gasteiger charge is -2.09. The molecule has 0 fully saturated rings. The van der Waals surface area contributed by atoms with Gasteiger partial charge in [0.15, 0.2) is 5.78 Å². The van der Waals surface area contributed by atoms with Gasteiger partial charge in [-0.2, -0.15) is 11.8 Å². The third-order valence-corrected chi connectivity index (χ3v) is 3.06. The average molecular weight is 238 g/mol. The molecule has 0 saturated carbocycles. The minimum absolute atomic E-state index is 0.138. The van der Waals surface area contributed by atoms with Crippen LogP contribution >= 0.6 is 11.8 Å². The van der Waals surface area contributed by atoms with Gasteiger partial charge < -0.3 is 4.74 Å². The number of Topliss-reactive ketones (excluding diaryl/α,β-unsaturated/α-hetero) is 1. The van der Waals surface area contributed by atoms with Crippen molar-refractivity contribution in [1.82, 2.24) is 0 Å². The Labute approximate surface area is 101 Å². The molecule has 1 aromatic rings. The molecular weight excluding hydrogens is 220 g/mol. The summed E-state index contributed by atoms with van der Waals surface area (Å²) >= 11 is 1.84. The fourth-order valence-corrected chi connectivity index (χ4v) is 1.86. The summed E-state index contributed by atoms with van der Waals surface area (Å²) < 4.78 is 5.62. The molecule has 3 heteroatoms. The second-order valence-corrected chi connectivity index (χ2v) is 4.71. The molecule has 1 rings (SSSR count). The fourth-order valence-electron chi connectivity index (χ4n) is 1.37. The summed E-state index contributed by atoms with van der Waals surface area (Å²) in [6, 6.07) is 7.46. The van der Waals surface area contributed by atoms with Crippen LogP contribution in [0.1, 0.15) is 30.6 Å². The van der Waals surface area contributed by atoms with Gasteiger partial charge in [-0.1, -0.05) is 26.0 Å². The molecule has 0 heterocycles. The van der Waals surface area contributed by atoms with E-state index in [2.05, 4.69) is 6.92 Å². The van der Waals surface area contributed by atoms with E-state index in [1.165, 1.54) is 0 Å². The number of carbonyl (C=O) groups excluding carboxylic acids is 1. The van der Waals surface area contributed by atoms with Crippen molar-refractivity contribution in [2.24, 2.45) is 0 Å². The Bertz CT molecular complexity index is 336. The summed E-state index contributed by atoms with van der Waals surface area (Å²) in [7, 11) is 0. The van der Waals surface area contributed by atoms with Gasteiger partial charge in [-0.15, -0.1) is 0 Å². The van der Waals surface area contributed by atoms with E-state index in [9.17, 15) is 4.79 Å². The molecule has 0 unspecified atom stereocenters. The van der Waals surface area contributed by atoms with Crippen LogP contribution in [0.4, 0.5) is 0 Å². The topological polar surface area (TPSA) is 26.3 Å². The van der Waals surface area contributed by atoms with Crippen molar-refractivity contribution in [3.8, 4) is 5.75 Å². The van der Waals surface area contributed by atoms with Crippen molar-refractivity contribution in [1.29, 1.82) is 0 Å². The second-order valence-electron chi connectivity index (χ2n) is 3.32. The summed E-state index contributed by atoms with van der Waals surface area (Å²) in [5.41, 5.74) is 0.700. The van der Waals surface area contributed by atoms with E-state index in [1.807, 2.05) is 43.0 Å². The van der Waals surface area contributed by atoms with Crippen LogP contribution in [-0.4, -0.2) is 23.9 Å². The van der Waals surface area contributed by atoms with Crippen molar-refractivity contribution in [3.05, 3.63) is 29.8 Å². The summed E-state index contributed by atoms with van der Waals surface area (Å²) in [5, 5.41) is 0. The van der Waals surface area contributed by atoms with E-state index in [-0.39, 0.29) is 5.78 Å². The SMILES string of the molecule is CCSCCOc1ccccc1C(=O)CC. The summed E-state index contributed by atoms with van der Waals surface area (Å²) in [4.78, 5) is 11.6. The first-order valence-corrected chi connectivity index (χ1v) is 6.77. The largest absolute Gasteiger partial charge is 0.492 e. The first kappa shape index (κ1) is 13.1. The van der Waals surface area contributed by atoms with Crippen LogP contribution in [0.3, 0.4) is 0 Å². The Morgan fingerprint density at radius 2 is 2.06 bits per heavy atom. The zero-order valence-electron chi connectivity index (χ0n) is 9.86. The van der Waals surface area contributed by atoms with Gasteiger partial charge in [0.25, 0.3) is 0 Å². The number of hydrogen-bond donors (Lipinski definition) is 0. The standard InChI is InChI=1S/C13H18O2S/c1-3-12(14)11-7-5-6-8-13(11)15-9-10-16-4-2/h5-8H,3-4,9-10H2,1-2H3. The first-order valence-electron chi connectivity index (χ1n) is 5.62. The monoisotopic (exact) mass is 238 g/mol. The van der Waals surface area contributed by atoms with Crippen LogP contribution < -0.4 is 4.74 Å². The van der Waals surface area contributed by atoms with Gasteiger partial charge in [0.05, 0.1) is 12.2 Å². The molecule has 0 aliphatic carbocycles. The van der Waals surface area contributed by atoms with Crippen LogP contribution in [-0.2, 0) is 0 Å². The predicted molar refractivity (Wildman–Crippen MR) is 69.6 cm³/mol. The Morgan fingerprint density at radius 3 is 2.75 bits per heavy atom. The number of para-hydroxylation sites is 1. The molecule has 0 radical (unpaired) electrons. The normalized spacial score (nSPS) is 10.1. The van der Waals surface area contributed by atoms with Crippen LogP contribution in [0.2, 0.25) is 0 Å². The molecule has 0 N–H and O–H groups in total. The third-order valence-electron chi connectivity index (χ3n) is 2.20. The van der Waals surface area contributed by atoms with Crippen LogP contribution in [0.15, 0.2) is 24.3 Å². The number of benzene rings is 1. The number of thioether (sulfide) groups is 1. The van der Waals surface area contributed by atoms with Gasteiger partial charge in [-0.25, -0.2) is 0 Å². The fraction of sp³-hybridized carbons (Fsp3) is 0.462. The second kappa shape index (κ2) is 7.34. The van der Waals surface area contributed by atoms with Gasteiger partial charge in [0.1, 0.15) is 5.75 Å². The highest BCUT2D eigenvalue weighted by Gasteiger charge is 2.09. The van der Waals surface area contributed by atoms with E-state index in [1.54, 1.807) is 0 Å². The Kier molecular flexibility index (Phi) is 6.01. The number of ketones is 1. The van der Waals surface area contributed by atoms with Gasteiger partial charge in [0, 0.05) is 12.2 Å². The molecule has 0 bridgehead atoms. The highest BCUT2D eigenvalue weighted by molar-refractivity contribution is 7.99. The highest BCUT2D eigenvalue weighted by Crippen LogP contribution is 2.19. The van der Waals surface area contributed by atoms with Gasteiger partial charge >= 0.3 is 0 Å². The summed E-state index contributed by atoms with van der Waals surface area (Å²) in [5.74, 6) is 2.91.